The molecule has 0 bridgehead atoms. The minimum atomic E-state index is -0.577. The number of aliphatic hydroxyl groups excluding tert-OH is 1. The number of amides is 2. The molecular weight excluding hydrogens is 263 g/mol. The van der Waals surface area contributed by atoms with E-state index in [4.69, 9.17) is 10.8 Å². The quantitative estimate of drug-likeness (QED) is 0.685. The lowest BCUT2D eigenvalue weighted by molar-refractivity contribution is -0.118. The summed E-state index contributed by atoms with van der Waals surface area (Å²) in [6.07, 6.45) is -0.0152. The van der Waals surface area contributed by atoms with Gasteiger partial charge in [-0.1, -0.05) is 11.8 Å². The highest BCUT2D eigenvalue weighted by atomic mass is 19.1. The molecule has 0 saturated carbocycles. The lowest BCUT2D eigenvalue weighted by Gasteiger charge is -2.13. The van der Waals surface area contributed by atoms with Gasteiger partial charge in [0.25, 0.3) is 5.91 Å². The van der Waals surface area contributed by atoms with Gasteiger partial charge in [0.2, 0.25) is 5.91 Å². The Bertz CT molecular complexity index is 576. The van der Waals surface area contributed by atoms with Crippen molar-refractivity contribution in [1.82, 2.24) is 5.32 Å². The molecule has 0 aliphatic heterocycles. The number of carbonyl (C=O) groups excluding carboxylic acids is 2. The summed E-state index contributed by atoms with van der Waals surface area (Å²) in [4.78, 5) is 22.8. The van der Waals surface area contributed by atoms with Crippen LogP contribution in [0.4, 0.5) is 4.39 Å². The molecule has 0 aromatic heterocycles. The van der Waals surface area contributed by atoms with Crippen LogP contribution in [-0.2, 0) is 4.79 Å². The predicted octanol–water partition coefficient (Wildman–Crippen LogP) is 0.163. The monoisotopic (exact) mass is 278 g/mol. The van der Waals surface area contributed by atoms with Crippen molar-refractivity contribution < 1.29 is 19.1 Å². The van der Waals surface area contributed by atoms with Crippen LogP contribution in [0.3, 0.4) is 0 Å². The highest BCUT2D eigenvalue weighted by molar-refractivity contribution is 5.97. The van der Waals surface area contributed by atoms with Gasteiger partial charge < -0.3 is 16.2 Å². The van der Waals surface area contributed by atoms with E-state index < -0.39 is 23.7 Å². The molecule has 0 aliphatic rings. The average Bonchev–Trinajstić information content (AvgIpc) is 2.36. The molecule has 4 N–H and O–H groups in total. The number of primary amides is 1. The molecule has 2 amide bonds. The SMILES string of the molecule is CC(CC(N)=O)NC(=O)c1cc(F)ccc1C#CCO. The molecule has 0 fully saturated rings. The summed E-state index contributed by atoms with van der Waals surface area (Å²) in [5, 5.41) is 11.2. The number of carbonyl (C=O) groups is 2. The topological polar surface area (TPSA) is 92.4 Å². The molecule has 1 atom stereocenters. The summed E-state index contributed by atoms with van der Waals surface area (Å²) < 4.78 is 13.2. The second kappa shape index (κ2) is 7.26. The highest BCUT2D eigenvalue weighted by Crippen LogP contribution is 2.11. The maximum Gasteiger partial charge on any atom is 0.252 e. The third-order valence-electron chi connectivity index (χ3n) is 2.41. The van der Waals surface area contributed by atoms with E-state index in [1.54, 1.807) is 6.92 Å². The molecule has 0 saturated heterocycles. The molecule has 0 spiro atoms. The zero-order valence-electron chi connectivity index (χ0n) is 10.9. The maximum absolute atomic E-state index is 13.2. The van der Waals surface area contributed by atoms with Crippen LogP contribution in [0, 0.1) is 17.7 Å². The first kappa shape index (κ1) is 15.7. The van der Waals surface area contributed by atoms with Crippen molar-refractivity contribution in [3.63, 3.8) is 0 Å². The molecule has 6 heteroatoms. The van der Waals surface area contributed by atoms with Crippen molar-refractivity contribution in [2.24, 2.45) is 5.73 Å². The number of hydrogen-bond donors (Lipinski definition) is 3. The summed E-state index contributed by atoms with van der Waals surface area (Å²) in [5.41, 5.74) is 5.37. The van der Waals surface area contributed by atoms with Crippen molar-refractivity contribution in [3.05, 3.63) is 35.1 Å². The fourth-order valence-electron chi connectivity index (χ4n) is 1.60. The lowest BCUT2D eigenvalue weighted by atomic mass is 10.1. The summed E-state index contributed by atoms with van der Waals surface area (Å²) in [6.45, 7) is 1.25. The van der Waals surface area contributed by atoms with E-state index in [9.17, 15) is 14.0 Å². The summed E-state index contributed by atoms with van der Waals surface area (Å²) in [6, 6.07) is 3.10. The largest absolute Gasteiger partial charge is 0.384 e. The van der Waals surface area contributed by atoms with Crippen LogP contribution in [0.1, 0.15) is 29.3 Å². The molecule has 1 unspecified atom stereocenters. The number of benzene rings is 1. The van der Waals surface area contributed by atoms with Crippen LogP contribution in [0.2, 0.25) is 0 Å². The fourth-order valence-corrected chi connectivity index (χ4v) is 1.60. The van der Waals surface area contributed by atoms with Crippen molar-refractivity contribution in [1.29, 1.82) is 0 Å². The number of hydrogen-bond acceptors (Lipinski definition) is 3. The molecule has 106 valence electrons. The van der Waals surface area contributed by atoms with E-state index in [2.05, 4.69) is 17.2 Å². The second-order valence-electron chi connectivity index (χ2n) is 4.19. The van der Waals surface area contributed by atoms with E-state index in [-0.39, 0.29) is 18.6 Å². The van der Waals surface area contributed by atoms with E-state index in [0.717, 1.165) is 6.07 Å². The van der Waals surface area contributed by atoms with Gasteiger partial charge in [0.05, 0.1) is 5.56 Å². The van der Waals surface area contributed by atoms with Gasteiger partial charge in [-0.2, -0.15) is 0 Å². The average molecular weight is 278 g/mol. The van der Waals surface area contributed by atoms with Crippen molar-refractivity contribution in [2.45, 2.75) is 19.4 Å². The minimum absolute atomic E-state index is 0.0152. The van der Waals surface area contributed by atoms with Crippen molar-refractivity contribution >= 4 is 11.8 Å². The van der Waals surface area contributed by atoms with Crippen LogP contribution >= 0.6 is 0 Å². The number of nitrogens with two attached hydrogens (primary N) is 1. The van der Waals surface area contributed by atoms with Gasteiger partial charge >= 0.3 is 0 Å². The number of halogens is 1. The van der Waals surface area contributed by atoms with E-state index >= 15 is 0 Å². The summed E-state index contributed by atoms with van der Waals surface area (Å²) in [7, 11) is 0. The summed E-state index contributed by atoms with van der Waals surface area (Å²) >= 11 is 0. The Hall–Kier alpha value is -2.39. The smallest absolute Gasteiger partial charge is 0.252 e. The lowest BCUT2D eigenvalue weighted by Crippen LogP contribution is -2.36. The number of rotatable bonds is 4. The van der Waals surface area contributed by atoms with E-state index in [1.165, 1.54) is 12.1 Å². The first-order valence-electron chi connectivity index (χ1n) is 5.92. The van der Waals surface area contributed by atoms with E-state index in [1.807, 2.05) is 0 Å². The Morgan fingerprint density at radius 1 is 1.50 bits per heavy atom. The van der Waals surface area contributed by atoms with Crippen LogP contribution < -0.4 is 11.1 Å². The maximum atomic E-state index is 13.2. The Balaban J connectivity index is 2.96. The second-order valence-corrected chi connectivity index (χ2v) is 4.19. The molecule has 1 aromatic carbocycles. The molecule has 0 radical (unpaired) electrons. The first-order chi connectivity index (χ1) is 9.43. The zero-order valence-corrected chi connectivity index (χ0v) is 10.9. The molecule has 5 nitrogen and oxygen atoms in total. The minimum Gasteiger partial charge on any atom is -0.384 e. The number of aliphatic hydroxyl groups is 1. The number of nitrogens with one attached hydrogen (secondary N) is 1. The Kier molecular flexibility index (Phi) is 5.69. The third kappa shape index (κ3) is 4.71. The molecule has 1 rings (SSSR count). The van der Waals surface area contributed by atoms with Crippen LogP contribution in [0.25, 0.3) is 0 Å². The van der Waals surface area contributed by atoms with Gasteiger partial charge in [-0.05, 0) is 25.1 Å². The molecule has 0 aliphatic carbocycles. The standard InChI is InChI=1S/C14H15FN2O3/c1-9(7-13(16)19)17-14(20)12-8-11(15)5-4-10(12)3-2-6-18/h4-5,8-9,18H,6-7H2,1H3,(H2,16,19)(H,17,20). The fraction of sp³-hybridized carbons (Fsp3) is 0.286. The van der Waals surface area contributed by atoms with Gasteiger partial charge in [0, 0.05) is 18.0 Å². The van der Waals surface area contributed by atoms with Gasteiger partial charge in [-0.25, -0.2) is 4.39 Å². The summed E-state index contributed by atoms with van der Waals surface area (Å²) in [5.74, 6) is 3.28. The molecular formula is C14H15FN2O3. The van der Waals surface area contributed by atoms with Crippen molar-refractivity contribution in [2.75, 3.05) is 6.61 Å². The van der Waals surface area contributed by atoms with Gasteiger partial charge in [-0.3, -0.25) is 9.59 Å². The Morgan fingerprint density at radius 2 is 2.20 bits per heavy atom. The van der Waals surface area contributed by atoms with Crippen LogP contribution in [0.15, 0.2) is 18.2 Å². The van der Waals surface area contributed by atoms with Crippen LogP contribution in [-0.4, -0.2) is 29.6 Å². The van der Waals surface area contributed by atoms with E-state index in [0.29, 0.717) is 5.56 Å². The Labute approximate surface area is 116 Å². The van der Waals surface area contributed by atoms with Gasteiger partial charge in [0.15, 0.2) is 0 Å². The van der Waals surface area contributed by atoms with Crippen molar-refractivity contribution in [3.8, 4) is 11.8 Å². The first-order valence-corrected chi connectivity index (χ1v) is 5.92. The van der Waals surface area contributed by atoms with Crippen LogP contribution in [0.5, 0.6) is 0 Å². The normalized spacial score (nSPS) is 11.2. The molecule has 1 aromatic rings. The predicted molar refractivity (Wildman–Crippen MR) is 71.1 cm³/mol. The molecule has 20 heavy (non-hydrogen) atoms. The van der Waals surface area contributed by atoms with Gasteiger partial charge in [0.1, 0.15) is 12.4 Å². The highest BCUT2D eigenvalue weighted by Gasteiger charge is 2.15. The third-order valence-corrected chi connectivity index (χ3v) is 2.41. The zero-order chi connectivity index (χ0) is 15.1. The van der Waals surface area contributed by atoms with Gasteiger partial charge in [-0.15, -0.1) is 0 Å². The Morgan fingerprint density at radius 3 is 2.80 bits per heavy atom. The molecule has 0 heterocycles.